The van der Waals surface area contributed by atoms with Crippen LogP contribution in [0.3, 0.4) is 0 Å². The molecule has 0 aromatic heterocycles. The predicted octanol–water partition coefficient (Wildman–Crippen LogP) is -4.58. The van der Waals surface area contributed by atoms with Crippen LogP contribution < -0.4 is 70.0 Å². The Balaban J connectivity index is 0.00000324. The van der Waals surface area contributed by atoms with Gasteiger partial charge < -0.3 is 15.4 Å². The van der Waals surface area contributed by atoms with Crippen LogP contribution in [-0.4, -0.2) is 46.7 Å². The van der Waals surface area contributed by atoms with Crippen LogP contribution in [0.5, 0.6) is 5.75 Å². The summed E-state index contributed by atoms with van der Waals surface area (Å²) < 4.78 is 91.7. The van der Waals surface area contributed by atoms with Gasteiger partial charge in [-0.2, -0.15) is 13.5 Å². The molecule has 0 heterocycles. The minimum absolute atomic E-state index is 0. The molecule has 0 radical (unpaired) electrons. The van der Waals surface area contributed by atoms with E-state index in [1.165, 1.54) is 36.4 Å². The molecule has 0 unspecified atom stereocenters. The van der Waals surface area contributed by atoms with Crippen LogP contribution in [0.15, 0.2) is 68.6 Å². The standard InChI is InChI=1S/C18H17N3O10S3.2Na/c19-15-6-1-11-9-14(33(25,26)27)10-16(22)17(11)18(15)21-20-12-2-4-13(5-3-12)32(23,24)8-7-31-34(28,29)30;;/h1-6,9-10,22H,7-8,19H2,(H,25,26,27)(H,28,29,30);;/q;2*+1/p-2. The molecule has 0 aliphatic rings. The zero-order valence-electron chi connectivity index (χ0n) is 18.9. The van der Waals surface area contributed by atoms with Crippen molar-refractivity contribution in [1.82, 2.24) is 0 Å². The molecule has 36 heavy (non-hydrogen) atoms. The molecule has 0 amide bonds. The SMILES string of the molecule is Nc1ccc2cc(S(=O)(=O)[O-])cc([O-])c2c1N=Nc1ccc(S(=O)(=O)CCOS(=O)(=O)O)cc1.[Na+].[Na+]. The Morgan fingerprint density at radius 3 is 2.06 bits per heavy atom. The van der Waals surface area contributed by atoms with Gasteiger partial charge in [0.05, 0.1) is 33.5 Å². The summed E-state index contributed by atoms with van der Waals surface area (Å²) in [5, 5.41) is 20.3. The minimum Gasteiger partial charge on any atom is -0.872 e. The fraction of sp³-hybridized carbons (Fsp3) is 0.111. The fourth-order valence-corrected chi connectivity index (χ4v) is 4.86. The molecule has 0 fully saturated rings. The second kappa shape index (κ2) is 12.6. The van der Waals surface area contributed by atoms with Crippen molar-refractivity contribution in [2.75, 3.05) is 18.1 Å². The molecule has 0 aliphatic carbocycles. The number of anilines is 1. The van der Waals surface area contributed by atoms with Gasteiger partial charge in [-0.25, -0.2) is 21.0 Å². The van der Waals surface area contributed by atoms with E-state index in [4.69, 9.17) is 10.3 Å². The summed E-state index contributed by atoms with van der Waals surface area (Å²) in [6.45, 7) is -0.782. The Labute approximate surface area is 251 Å². The molecular formula is C18H15N3Na2O10S3. The van der Waals surface area contributed by atoms with E-state index in [0.29, 0.717) is 6.07 Å². The van der Waals surface area contributed by atoms with Crippen molar-refractivity contribution < 1.29 is 103 Å². The smallest absolute Gasteiger partial charge is 0.872 e. The molecule has 3 N–H and O–H groups in total. The van der Waals surface area contributed by atoms with Crippen molar-refractivity contribution in [3.8, 4) is 5.75 Å². The van der Waals surface area contributed by atoms with E-state index in [1.807, 2.05) is 0 Å². The summed E-state index contributed by atoms with van der Waals surface area (Å²) in [4.78, 5) is -0.875. The summed E-state index contributed by atoms with van der Waals surface area (Å²) in [6, 6.07) is 9.29. The van der Waals surface area contributed by atoms with Crippen LogP contribution in [0.2, 0.25) is 0 Å². The molecule has 0 aliphatic heterocycles. The fourth-order valence-electron chi connectivity index (χ4n) is 2.85. The van der Waals surface area contributed by atoms with Gasteiger partial charge in [-0.15, -0.1) is 5.11 Å². The van der Waals surface area contributed by atoms with Crippen molar-refractivity contribution in [2.45, 2.75) is 9.79 Å². The van der Waals surface area contributed by atoms with Crippen LogP contribution in [0.1, 0.15) is 0 Å². The number of rotatable bonds is 8. The Morgan fingerprint density at radius 1 is 0.889 bits per heavy atom. The molecule has 3 aromatic carbocycles. The van der Waals surface area contributed by atoms with Gasteiger partial charge in [-0.05, 0) is 41.8 Å². The van der Waals surface area contributed by atoms with Crippen molar-refractivity contribution in [3.05, 3.63) is 48.5 Å². The van der Waals surface area contributed by atoms with Gasteiger partial charge in [0.25, 0.3) is 0 Å². The minimum atomic E-state index is -4.86. The average molecular weight is 576 g/mol. The molecule has 18 heteroatoms. The van der Waals surface area contributed by atoms with Gasteiger partial charge in [0, 0.05) is 5.39 Å². The van der Waals surface area contributed by atoms with Crippen molar-refractivity contribution in [2.24, 2.45) is 10.2 Å². The topological polar surface area (TPSA) is 229 Å². The van der Waals surface area contributed by atoms with Crippen molar-refractivity contribution in [3.63, 3.8) is 0 Å². The largest absolute Gasteiger partial charge is 1.00 e. The van der Waals surface area contributed by atoms with Crippen LogP contribution in [-0.2, 0) is 34.5 Å². The van der Waals surface area contributed by atoms with E-state index in [0.717, 1.165) is 6.07 Å². The van der Waals surface area contributed by atoms with Gasteiger partial charge in [0.1, 0.15) is 15.8 Å². The van der Waals surface area contributed by atoms with E-state index in [1.54, 1.807) is 0 Å². The van der Waals surface area contributed by atoms with E-state index in [9.17, 15) is 34.9 Å². The second-order valence-electron chi connectivity index (χ2n) is 6.74. The molecule has 0 saturated carbocycles. The Kier molecular flexibility index (Phi) is 11.5. The molecule has 182 valence electrons. The monoisotopic (exact) mass is 575 g/mol. The number of fused-ring (bicyclic) bond motifs is 1. The number of nitrogens with zero attached hydrogens (tertiary/aromatic N) is 2. The number of nitrogens with two attached hydrogens (primary N) is 1. The van der Waals surface area contributed by atoms with Crippen LogP contribution in [0.4, 0.5) is 17.1 Å². The summed E-state index contributed by atoms with van der Waals surface area (Å²) in [7, 11) is -13.6. The third-order valence-corrected chi connectivity index (χ3v) is 7.37. The Hall–Kier alpha value is -1.15. The zero-order valence-corrected chi connectivity index (χ0v) is 25.3. The van der Waals surface area contributed by atoms with Gasteiger partial charge >= 0.3 is 69.5 Å². The maximum absolute atomic E-state index is 12.4. The third-order valence-electron chi connectivity index (χ3n) is 4.39. The molecular weight excluding hydrogens is 560 g/mol. The zero-order chi connectivity index (χ0) is 25.3. The van der Waals surface area contributed by atoms with E-state index >= 15 is 0 Å². The average Bonchev–Trinajstić information content (AvgIpc) is 2.71. The summed E-state index contributed by atoms with van der Waals surface area (Å²) in [5.74, 6) is -1.52. The van der Waals surface area contributed by atoms with Gasteiger partial charge in [-0.1, -0.05) is 17.9 Å². The quantitative estimate of drug-likeness (QED) is 0.112. The van der Waals surface area contributed by atoms with E-state index in [2.05, 4.69) is 14.4 Å². The normalized spacial score (nSPS) is 12.3. The first kappa shape index (κ1) is 32.9. The van der Waals surface area contributed by atoms with Gasteiger partial charge in [0.2, 0.25) is 0 Å². The number of azo groups is 1. The van der Waals surface area contributed by atoms with Crippen molar-refractivity contribution in [1.29, 1.82) is 0 Å². The first-order chi connectivity index (χ1) is 15.7. The number of hydrogen-bond acceptors (Lipinski definition) is 12. The number of benzene rings is 3. The molecule has 0 spiro atoms. The van der Waals surface area contributed by atoms with E-state index < -0.39 is 53.4 Å². The summed E-state index contributed by atoms with van der Waals surface area (Å²) >= 11 is 0. The first-order valence-electron chi connectivity index (χ1n) is 9.03. The predicted molar refractivity (Wildman–Crippen MR) is 116 cm³/mol. The Bertz CT molecular complexity index is 1610. The maximum Gasteiger partial charge on any atom is 1.00 e. The molecule has 0 bridgehead atoms. The van der Waals surface area contributed by atoms with Crippen LogP contribution >= 0.6 is 0 Å². The third kappa shape index (κ3) is 8.44. The number of sulfone groups is 1. The van der Waals surface area contributed by atoms with Crippen molar-refractivity contribution >= 4 is 58.2 Å². The number of hydrogen-bond donors (Lipinski definition) is 2. The number of nitrogen functional groups attached to an aromatic ring is 1. The molecule has 3 aromatic rings. The van der Waals surface area contributed by atoms with Gasteiger partial charge in [0.15, 0.2) is 9.84 Å². The first-order valence-corrected chi connectivity index (χ1v) is 13.5. The second-order valence-corrected chi connectivity index (χ2v) is 11.3. The molecule has 0 atom stereocenters. The maximum atomic E-state index is 12.4. The molecule has 3 rings (SSSR count). The van der Waals surface area contributed by atoms with Crippen LogP contribution in [0.25, 0.3) is 10.8 Å². The molecule has 13 nitrogen and oxygen atoms in total. The van der Waals surface area contributed by atoms with E-state index in [-0.39, 0.29) is 91.8 Å². The Morgan fingerprint density at radius 2 is 1.50 bits per heavy atom. The summed E-state index contributed by atoms with van der Waals surface area (Å²) in [6.07, 6.45) is 0. The summed E-state index contributed by atoms with van der Waals surface area (Å²) in [5.41, 5.74) is 6.01. The molecule has 0 saturated heterocycles. The van der Waals surface area contributed by atoms with Crippen LogP contribution in [0, 0.1) is 0 Å². The van der Waals surface area contributed by atoms with Gasteiger partial charge in [-0.3, -0.25) is 4.55 Å².